The number of aromatic nitrogens is 3. The number of rotatable bonds is 9. The third-order valence-corrected chi connectivity index (χ3v) is 6.41. The summed E-state index contributed by atoms with van der Waals surface area (Å²) in [6.07, 6.45) is 5.99. The molecule has 3 aromatic rings. The van der Waals surface area contributed by atoms with Crippen molar-refractivity contribution < 1.29 is 9.53 Å². The number of ether oxygens (including phenoxy) is 1. The molecule has 0 saturated carbocycles. The third kappa shape index (κ3) is 5.05. The second-order valence-corrected chi connectivity index (χ2v) is 8.81. The van der Waals surface area contributed by atoms with Crippen LogP contribution < -0.4 is 16.4 Å². The summed E-state index contributed by atoms with van der Waals surface area (Å²) in [6.45, 7) is 8.82. The highest BCUT2D eigenvalue weighted by Gasteiger charge is 2.18. The number of hydrogen-bond acceptors (Lipinski definition) is 6. The van der Waals surface area contributed by atoms with Crippen molar-refractivity contribution in [3.63, 3.8) is 0 Å². The molecule has 1 saturated heterocycles. The van der Waals surface area contributed by atoms with Crippen molar-refractivity contribution in [2.75, 3.05) is 39.4 Å². The van der Waals surface area contributed by atoms with E-state index in [4.69, 9.17) is 15.1 Å². The molecular formula is C25H34N6O3. The van der Waals surface area contributed by atoms with Crippen LogP contribution in [0.4, 0.5) is 0 Å². The van der Waals surface area contributed by atoms with Crippen LogP contribution >= 0.6 is 0 Å². The van der Waals surface area contributed by atoms with E-state index in [-0.39, 0.29) is 22.5 Å². The number of amides is 1. The summed E-state index contributed by atoms with van der Waals surface area (Å²) in [5.74, 6) is -0.337. The van der Waals surface area contributed by atoms with Gasteiger partial charge in [-0.05, 0) is 63.9 Å². The van der Waals surface area contributed by atoms with Crippen LogP contribution in [0.2, 0.25) is 0 Å². The number of nitrogens with zero attached hydrogens (tertiary/aromatic N) is 4. The lowest BCUT2D eigenvalue weighted by atomic mass is 10.1. The maximum Gasteiger partial charge on any atom is 0.267 e. The Morgan fingerprint density at radius 1 is 1.21 bits per heavy atom. The van der Waals surface area contributed by atoms with Crippen LogP contribution in [0.1, 0.15) is 48.5 Å². The molecule has 4 rings (SSSR count). The van der Waals surface area contributed by atoms with E-state index in [0.29, 0.717) is 49.4 Å². The van der Waals surface area contributed by atoms with Gasteiger partial charge in [0.05, 0.1) is 10.9 Å². The lowest BCUT2D eigenvalue weighted by Gasteiger charge is -2.26. The SMILES string of the molecule is CCOCCCn1c(=N)c(C(=O)NCCN2CCCCC2)cc2c(=O)n3cccc(C)c3nc21. The van der Waals surface area contributed by atoms with Crippen LogP contribution in [0.25, 0.3) is 16.7 Å². The number of pyridine rings is 2. The van der Waals surface area contributed by atoms with Gasteiger partial charge in [0.1, 0.15) is 16.8 Å². The summed E-state index contributed by atoms with van der Waals surface area (Å²) in [5.41, 5.74) is 1.85. The highest BCUT2D eigenvalue weighted by atomic mass is 16.5. The topological polar surface area (TPSA) is 105 Å². The van der Waals surface area contributed by atoms with Crippen LogP contribution in [-0.4, -0.2) is 64.2 Å². The first kappa shape index (κ1) is 24.1. The molecule has 1 amide bonds. The molecule has 1 fully saturated rings. The highest BCUT2D eigenvalue weighted by Crippen LogP contribution is 2.13. The first-order chi connectivity index (χ1) is 16.5. The van der Waals surface area contributed by atoms with E-state index >= 15 is 0 Å². The second kappa shape index (κ2) is 10.9. The number of fused-ring (bicyclic) bond motifs is 2. The van der Waals surface area contributed by atoms with Crippen molar-refractivity contribution in [3.8, 4) is 0 Å². The Bertz CT molecular complexity index is 1290. The van der Waals surface area contributed by atoms with Crippen molar-refractivity contribution in [1.29, 1.82) is 5.41 Å². The molecule has 0 spiro atoms. The maximum absolute atomic E-state index is 13.4. The van der Waals surface area contributed by atoms with E-state index in [1.54, 1.807) is 16.8 Å². The summed E-state index contributed by atoms with van der Waals surface area (Å²) in [7, 11) is 0. The molecule has 4 heterocycles. The number of aryl methyl sites for hydroxylation is 2. The molecule has 0 atom stereocenters. The van der Waals surface area contributed by atoms with Crippen LogP contribution in [0.5, 0.6) is 0 Å². The monoisotopic (exact) mass is 466 g/mol. The second-order valence-electron chi connectivity index (χ2n) is 8.81. The average Bonchev–Trinajstić information content (AvgIpc) is 2.84. The van der Waals surface area contributed by atoms with Crippen LogP contribution in [0.3, 0.4) is 0 Å². The predicted molar refractivity (Wildman–Crippen MR) is 131 cm³/mol. The Hall–Kier alpha value is -3.04. The molecule has 9 heteroatoms. The van der Waals surface area contributed by atoms with Gasteiger partial charge in [0, 0.05) is 39.0 Å². The number of carbonyl (C=O) groups excluding carboxylic acids is 1. The molecule has 0 radical (unpaired) electrons. The summed E-state index contributed by atoms with van der Waals surface area (Å²) in [4.78, 5) is 33.6. The molecule has 0 bridgehead atoms. The van der Waals surface area contributed by atoms with E-state index in [1.165, 1.54) is 29.7 Å². The van der Waals surface area contributed by atoms with Gasteiger partial charge in [0.25, 0.3) is 11.5 Å². The first-order valence-electron chi connectivity index (χ1n) is 12.2. The number of nitrogens with one attached hydrogen (secondary N) is 2. The normalized spacial score (nSPS) is 14.6. The summed E-state index contributed by atoms with van der Waals surface area (Å²) in [5, 5.41) is 12.1. The molecule has 1 aliphatic rings. The smallest absolute Gasteiger partial charge is 0.267 e. The lowest BCUT2D eigenvalue weighted by Crippen LogP contribution is -2.40. The van der Waals surface area contributed by atoms with Gasteiger partial charge in [-0.3, -0.25) is 19.4 Å². The predicted octanol–water partition coefficient (Wildman–Crippen LogP) is 2.08. The summed E-state index contributed by atoms with van der Waals surface area (Å²) in [6, 6.07) is 5.23. The van der Waals surface area contributed by atoms with Crippen LogP contribution in [0, 0.1) is 12.3 Å². The Morgan fingerprint density at radius 3 is 2.76 bits per heavy atom. The molecule has 2 N–H and O–H groups in total. The quantitative estimate of drug-likeness (QED) is 0.371. The minimum atomic E-state index is -0.337. The molecule has 0 aliphatic carbocycles. The minimum absolute atomic E-state index is 0.0595. The molecule has 0 aromatic carbocycles. The van der Waals surface area contributed by atoms with Gasteiger partial charge in [0.2, 0.25) is 0 Å². The average molecular weight is 467 g/mol. The minimum Gasteiger partial charge on any atom is -0.382 e. The van der Waals surface area contributed by atoms with Gasteiger partial charge in [-0.25, -0.2) is 4.98 Å². The number of carbonyl (C=O) groups is 1. The van der Waals surface area contributed by atoms with E-state index in [1.807, 2.05) is 19.9 Å². The number of piperidine rings is 1. The van der Waals surface area contributed by atoms with Crippen molar-refractivity contribution in [2.45, 2.75) is 46.1 Å². The van der Waals surface area contributed by atoms with E-state index in [0.717, 1.165) is 25.2 Å². The van der Waals surface area contributed by atoms with Crippen LogP contribution in [0.15, 0.2) is 29.2 Å². The van der Waals surface area contributed by atoms with Crippen molar-refractivity contribution in [2.24, 2.45) is 0 Å². The standard InChI is InChI=1S/C25H34N6O3/c1-3-34-16-8-14-30-21(26)19(24(32)27-10-15-29-11-5-4-6-12-29)17-20-23(30)28-22-18(2)9-7-13-31(22)25(20)33/h7,9,13,17,26H,3-6,8,10-12,14-16H2,1-2H3,(H,27,32). The molecule has 0 unspecified atom stereocenters. The Labute approximate surface area is 198 Å². The van der Waals surface area contributed by atoms with Crippen molar-refractivity contribution >= 4 is 22.6 Å². The molecular weight excluding hydrogens is 432 g/mol. The zero-order chi connectivity index (χ0) is 24.1. The van der Waals surface area contributed by atoms with E-state index < -0.39 is 0 Å². The van der Waals surface area contributed by atoms with Gasteiger partial charge in [-0.2, -0.15) is 0 Å². The largest absolute Gasteiger partial charge is 0.382 e. The summed E-state index contributed by atoms with van der Waals surface area (Å²) < 4.78 is 8.64. The summed E-state index contributed by atoms with van der Waals surface area (Å²) >= 11 is 0. The maximum atomic E-state index is 13.4. The highest BCUT2D eigenvalue weighted by molar-refractivity contribution is 5.96. The zero-order valence-electron chi connectivity index (χ0n) is 20.1. The van der Waals surface area contributed by atoms with Gasteiger partial charge in [0.15, 0.2) is 0 Å². The van der Waals surface area contributed by atoms with E-state index in [2.05, 4.69) is 10.2 Å². The lowest BCUT2D eigenvalue weighted by molar-refractivity contribution is 0.0944. The fourth-order valence-corrected chi connectivity index (χ4v) is 4.56. The third-order valence-electron chi connectivity index (χ3n) is 6.41. The number of hydrogen-bond donors (Lipinski definition) is 2. The molecule has 182 valence electrons. The Kier molecular flexibility index (Phi) is 7.74. The van der Waals surface area contributed by atoms with Crippen molar-refractivity contribution in [3.05, 3.63) is 51.4 Å². The van der Waals surface area contributed by atoms with Crippen LogP contribution in [-0.2, 0) is 11.3 Å². The zero-order valence-corrected chi connectivity index (χ0v) is 20.1. The first-order valence-corrected chi connectivity index (χ1v) is 12.2. The molecule has 3 aromatic heterocycles. The fraction of sp³-hybridized carbons (Fsp3) is 0.520. The fourth-order valence-electron chi connectivity index (χ4n) is 4.56. The molecule has 1 aliphatic heterocycles. The Morgan fingerprint density at radius 2 is 2.00 bits per heavy atom. The van der Waals surface area contributed by atoms with Gasteiger partial charge < -0.3 is 19.5 Å². The Balaban J connectivity index is 1.71. The van der Waals surface area contributed by atoms with Gasteiger partial charge in [-0.1, -0.05) is 12.5 Å². The van der Waals surface area contributed by atoms with E-state index in [9.17, 15) is 9.59 Å². The molecule has 9 nitrogen and oxygen atoms in total. The van der Waals surface area contributed by atoms with Gasteiger partial charge >= 0.3 is 0 Å². The van der Waals surface area contributed by atoms with Crippen molar-refractivity contribution in [1.82, 2.24) is 24.2 Å². The number of likely N-dealkylation sites (tertiary alicyclic amines) is 1. The molecule has 34 heavy (non-hydrogen) atoms. The van der Waals surface area contributed by atoms with Gasteiger partial charge in [-0.15, -0.1) is 0 Å².